The molecule has 0 bridgehead atoms. The van der Waals surface area contributed by atoms with Crippen molar-refractivity contribution >= 4 is 11.6 Å². The van der Waals surface area contributed by atoms with Crippen molar-refractivity contribution in [2.24, 2.45) is 4.99 Å². The zero-order valence-corrected chi connectivity index (χ0v) is 19.2. The van der Waals surface area contributed by atoms with Gasteiger partial charge in [-0.1, -0.05) is 18.2 Å². The summed E-state index contributed by atoms with van der Waals surface area (Å²) in [6.07, 6.45) is 4.44. The summed E-state index contributed by atoms with van der Waals surface area (Å²) >= 11 is 0. The molecule has 1 atom stereocenters. The molecule has 3 aromatic rings. The lowest BCUT2D eigenvalue weighted by molar-refractivity contribution is 0.0676. The standard InChI is InChI=1S/C25H33N5O2/c1-4-26-25(28-15-21-16-30-19(3)7-5-9-24(30)29-21)27-14-20-11-10-18(2)13-23(20)32-17-22-8-6-12-31-22/h5,7,9-11,13,16,22H,4,6,8,12,14-15,17H2,1-3H3,(H2,26,27,28). The number of imidazole rings is 1. The Kier molecular flexibility index (Phi) is 7.27. The van der Waals surface area contributed by atoms with E-state index in [0.717, 1.165) is 60.3 Å². The van der Waals surface area contributed by atoms with Gasteiger partial charge in [0.15, 0.2) is 5.96 Å². The van der Waals surface area contributed by atoms with Crippen LogP contribution in [0.5, 0.6) is 5.75 Å². The minimum absolute atomic E-state index is 0.194. The number of hydrogen-bond acceptors (Lipinski definition) is 4. The zero-order chi connectivity index (χ0) is 22.3. The summed E-state index contributed by atoms with van der Waals surface area (Å²) in [6, 6.07) is 12.4. The molecule has 7 heteroatoms. The minimum atomic E-state index is 0.194. The maximum absolute atomic E-state index is 6.12. The Morgan fingerprint density at radius 3 is 2.94 bits per heavy atom. The molecular weight excluding hydrogens is 402 g/mol. The average molecular weight is 436 g/mol. The van der Waals surface area contributed by atoms with Crippen LogP contribution in [0.4, 0.5) is 0 Å². The molecule has 170 valence electrons. The Balaban J connectivity index is 1.42. The molecule has 0 amide bonds. The number of fused-ring (bicyclic) bond motifs is 1. The third-order valence-electron chi connectivity index (χ3n) is 5.61. The summed E-state index contributed by atoms with van der Waals surface area (Å²) in [4.78, 5) is 9.48. The first-order chi connectivity index (χ1) is 15.6. The third kappa shape index (κ3) is 5.59. The van der Waals surface area contributed by atoms with E-state index in [1.807, 2.05) is 12.1 Å². The molecule has 7 nitrogen and oxygen atoms in total. The molecule has 2 aromatic heterocycles. The van der Waals surface area contributed by atoms with Gasteiger partial charge in [0, 0.05) is 30.6 Å². The number of ether oxygens (including phenoxy) is 2. The molecule has 1 fully saturated rings. The van der Waals surface area contributed by atoms with Gasteiger partial charge >= 0.3 is 0 Å². The van der Waals surface area contributed by atoms with E-state index in [2.05, 4.69) is 66.3 Å². The van der Waals surface area contributed by atoms with E-state index in [9.17, 15) is 0 Å². The fourth-order valence-electron chi connectivity index (χ4n) is 3.85. The normalized spacial score (nSPS) is 16.5. The number of hydrogen-bond donors (Lipinski definition) is 2. The highest BCUT2D eigenvalue weighted by atomic mass is 16.5. The summed E-state index contributed by atoms with van der Waals surface area (Å²) in [5, 5.41) is 6.72. The van der Waals surface area contributed by atoms with Crippen molar-refractivity contribution in [2.75, 3.05) is 19.8 Å². The monoisotopic (exact) mass is 435 g/mol. The highest BCUT2D eigenvalue weighted by Gasteiger charge is 2.17. The topological polar surface area (TPSA) is 72.2 Å². The zero-order valence-electron chi connectivity index (χ0n) is 19.2. The molecule has 1 saturated heterocycles. The van der Waals surface area contributed by atoms with Crippen LogP contribution in [-0.4, -0.2) is 41.2 Å². The Hall–Kier alpha value is -3.06. The van der Waals surface area contributed by atoms with Crippen LogP contribution in [0.25, 0.3) is 5.65 Å². The summed E-state index contributed by atoms with van der Waals surface area (Å²) in [5.41, 5.74) is 5.33. The maximum atomic E-state index is 6.12. The van der Waals surface area contributed by atoms with Gasteiger partial charge in [0.05, 0.1) is 24.9 Å². The second kappa shape index (κ2) is 10.5. The number of aryl methyl sites for hydroxylation is 2. The number of aliphatic imine (C=N–C) groups is 1. The Bertz CT molecular complexity index is 1070. The van der Waals surface area contributed by atoms with Gasteiger partial charge in [0.1, 0.15) is 18.0 Å². The van der Waals surface area contributed by atoms with E-state index in [-0.39, 0.29) is 6.10 Å². The van der Waals surface area contributed by atoms with Crippen molar-refractivity contribution in [3.63, 3.8) is 0 Å². The number of aromatic nitrogens is 2. The summed E-state index contributed by atoms with van der Waals surface area (Å²) in [7, 11) is 0. The predicted octanol–water partition coefficient (Wildman–Crippen LogP) is 3.76. The van der Waals surface area contributed by atoms with Crippen molar-refractivity contribution in [3.05, 3.63) is 65.1 Å². The Morgan fingerprint density at radius 2 is 2.16 bits per heavy atom. The molecule has 3 heterocycles. The van der Waals surface area contributed by atoms with Crippen LogP contribution in [-0.2, 0) is 17.8 Å². The number of rotatable bonds is 8. The molecule has 4 rings (SSSR count). The lowest BCUT2D eigenvalue weighted by atomic mass is 10.1. The molecule has 1 aliphatic heterocycles. The van der Waals surface area contributed by atoms with Crippen LogP contribution in [0.2, 0.25) is 0 Å². The smallest absolute Gasteiger partial charge is 0.191 e. The van der Waals surface area contributed by atoms with Gasteiger partial charge in [0.2, 0.25) is 0 Å². The molecular formula is C25H33N5O2. The maximum Gasteiger partial charge on any atom is 0.191 e. The Labute approximate surface area is 189 Å². The van der Waals surface area contributed by atoms with Gasteiger partial charge in [0.25, 0.3) is 0 Å². The number of nitrogens with one attached hydrogen (secondary N) is 2. The number of guanidine groups is 1. The predicted molar refractivity (Wildman–Crippen MR) is 127 cm³/mol. The molecule has 0 radical (unpaired) electrons. The molecule has 0 aliphatic carbocycles. The van der Waals surface area contributed by atoms with E-state index in [4.69, 9.17) is 19.5 Å². The van der Waals surface area contributed by atoms with Crippen molar-refractivity contribution < 1.29 is 9.47 Å². The molecule has 1 aliphatic rings. The fraction of sp³-hybridized carbons (Fsp3) is 0.440. The summed E-state index contributed by atoms with van der Waals surface area (Å²) in [6.45, 7) is 9.56. The highest BCUT2D eigenvalue weighted by Crippen LogP contribution is 2.23. The molecule has 2 N–H and O–H groups in total. The number of nitrogens with zero attached hydrogens (tertiary/aromatic N) is 3. The Morgan fingerprint density at radius 1 is 1.25 bits per heavy atom. The SMILES string of the molecule is CCNC(=NCc1ccc(C)cc1OCC1CCCO1)NCc1cn2c(C)cccc2n1. The van der Waals surface area contributed by atoms with Crippen molar-refractivity contribution in [3.8, 4) is 5.75 Å². The van der Waals surface area contributed by atoms with Gasteiger partial charge in [-0.3, -0.25) is 0 Å². The van der Waals surface area contributed by atoms with Crippen LogP contribution in [0.1, 0.15) is 42.3 Å². The van der Waals surface area contributed by atoms with Crippen LogP contribution < -0.4 is 15.4 Å². The third-order valence-corrected chi connectivity index (χ3v) is 5.61. The quantitative estimate of drug-likeness (QED) is 0.416. The van der Waals surface area contributed by atoms with Crippen LogP contribution in [0.3, 0.4) is 0 Å². The van der Waals surface area contributed by atoms with E-state index in [1.54, 1.807) is 0 Å². The van der Waals surface area contributed by atoms with Crippen molar-refractivity contribution in [2.45, 2.75) is 52.8 Å². The molecule has 1 aromatic carbocycles. The van der Waals surface area contributed by atoms with Gasteiger partial charge in [-0.25, -0.2) is 9.98 Å². The summed E-state index contributed by atoms with van der Waals surface area (Å²) < 4.78 is 13.9. The first-order valence-electron chi connectivity index (χ1n) is 11.4. The van der Waals surface area contributed by atoms with E-state index in [0.29, 0.717) is 19.7 Å². The first-order valence-corrected chi connectivity index (χ1v) is 11.4. The largest absolute Gasteiger partial charge is 0.491 e. The second-order valence-corrected chi connectivity index (χ2v) is 8.23. The van der Waals surface area contributed by atoms with E-state index >= 15 is 0 Å². The van der Waals surface area contributed by atoms with Gasteiger partial charge in [-0.2, -0.15) is 0 Å². The van der Waals surface area contributed by atoms with Crippen molar-refractivity contribution in [1.29, 1.82) is 0 Å². The lowest BCUT2D eigenvalue weighted by Gasteiger charge is -2.15. The first kappa shape index (κ1) is 22.1. The lowest BCUT2D eigenvalue weighted by Crippen LogP contribution is -2.36. The van der Waals surface area contributed by atoms with Crippen LogP contribution in [0, 0.1) is 13.8 Å². The number of benzene rings is 1. The summed E-state index contributed by atoms with van der Waals surface area (Å²) in [5.74, 6) is 1.64. The van der Waals surface area contributed by atoms with E-state index in [1.165, 1.54) is 5.56 Å². The van der Waals surface area contributed by atoms with Crippen LogP contribution >= 0.6 is 0 Å². The highest BCUT2D eigenvalue weighted by molar-refractivity contribution is 5.79. The van der Waals surface area contributed by atoms with Gasteiger partial charge in [-0.05, 0) is 57.4 Å². The van der Waals surface area contributed by atoms with E-state index < -0.39 is 0 Å². The van der Waals surface area contributed by atoms with Crippen molar-refractivity contribution in [1.82, 2.24) is 20.0 Å². The minimum Gasteiger partial charge on any atom is -0.491 e. The van der Waals surface area contributed by atoms with Crippen LogP contribution in [0.15, 0.2) is 47.6 Å². The fourth-order valence-corrected chi connectivity index (χ4v) is 3.85. The molecule has 32 heavy (non-hydrogen) atoms. The molecule has 0 saturated carbocycles. The molecule has 0 spiro atoms. The molecule has 1 unspecified atom stereocenters. The van der Waals surface area contributed by atoms with Gasteiger partial charge < -0.3 is 24.5 Å². The average Bonchev–Trinajstić information content (AvgIpc) is 3.45. The number of pyridine rings is 1. The second-order valence-electron chi connectivity index (χ2n) is 8.23. The van der Waals surface area contributed by atoms with Gasteiger partial charge in [-0.15, -0.1) is 0 Å².